The van der Waals surface area contributed by atoms with Crippen LogP contribution in [0.2, 0.25) is 0 Å². The lowest BCUT2D eigenvalue weighted by Crippen LogP contribution is -2.28. The summed E-state index contributed by atoms with van der Waals surface area (Å²) in [7, 11) is 0. The van der Waals surface area contributed by atoms with Gasteiger partial charge in [0, 0.05) is 59.1 Å². The molecule has 1 aliphatic rings. The second-order valence-corrected chi connectivity index (χ2v) is 16.6. The van der Waals surface area contributed by atoms with Crippen LogP contribution in [0.25, 0.3) is 0 Å². The van der Waals surface area contributed by atoms with Crippen molar-refractivity contribution in [2.75, 3.05) is 10.6 Å². The third-order valence-corrected chi connectivity index (χ3v) is 9.97. The number of phenolic OH excluding ortho intramolecular Hbond substituents is 2. The van der Waals surface area contributed by atoms with Crippen LogP contribution in [0, 0.1) is 22.7 Å². The van der Waals surface area contributed by atoms with Gasteiger partial charge in [-0.25, -0.2) is 9.59 Å². The van der Waals surface area contributed by atoms with Gasteiger partial charge in [-0.05, 0) is 108 Å². The highest BCUT2D eigenvalue weighted by Gasteiger charge is 2.26. The number of benzene rings is 4. The molecule has 0 aromatic heterocycles. The zero-order valence-corrected chi connectivity index (χ0v) is 34.0. The molecule has 1 fully saturated rings. The first kappa shape index (κ1) is 42.5. The molecule has 0 radical (unpaired) electrons. The summed E-state index contributed by atoms with van der Waals surface area (Å²) in [5.41, 5.74) is 5.47. The normalized spacial score (nSPS) is 15.7. The van der Waals surface area contributed by atoms with Crippen molar-refractivity contribution in [3.63, 3.8) is 0 Å². The Balaban J connectivity index is 1.32. The van der Waals surface area contributed by atoms with Crippen LogP contribution in [-0.4, -0.2) is 46.8 Å². The summed E-state index contributed by atoms with van der Waals surface area (Å²) in [6, 6.07) is 23.6. The Hall–Kier alpha value is -6.66. The maximum Gasteiger partial charge on any atom is 0.319 e. The number of carbonyl (C=O) groups is 2. The van der Waals surface area contributed by atoms with E-state index >= 15 is 0 Å². The first-order valence-corrected chi connectivity index (χ1v) is 19.4. The lowest BCUT2D eigenvalue weighted by molar-refractivity contribution is 0.251. The van der Waals surface area contributed by atoms with Crippen LogP contribution < -0.4 is 21.3 Å². The van der Waals surface area contributed by atoms with Crippen molar-refractivity contribution < 1.29 is 19.8 Å². The van der Waals surface area contributed by atoms with E-state index in [9.17, 15) is 19.8 Å². The topological polar surface area (TPSA) is 195 Å². The number of hydrogen-bond acceptors (Lipinski definition) is 8. The molecule has 4 aromatic rings. The Labute approximate surface area is 340 Å². The van der Waals surface area contributed by atoms with Gasteiger partial charge in [0.1, 0.15) is 11.5 Å². The number of aromatic hydroxyl groups is 2. The third-order valence-electron chi connectivity index (χ3n) is 9.97. The number of hydrogen-bond donors (Lipinski definition) is 6. The summed E-state index contributed by atoms with van der Waals surface area (Å²) in [6.07, 6.45) is 6.98. The number of nitrogens with zero attached hydrogens (tertiary/aromatic N) is 4. The Bertz CT molecular complexity index is 2090. The van der Waals surface area contributed by atoms with E-state index in [0.717, 1.165) is 47.9 Å². The second-order valence-electron chi connectivity index (χ2n) is 16.6. The largest absolute Gasteiger partial charge is 0.507 e. The highest BCUT2D eigenvalue weighted by Crippen LogP contribution is 2.36. The molecular weight excluding hydrogens is 729 g/mol. The molecule has 4 aromatic carbocycles. The predicted octanol–water partition coefficient (Wildman–Crippen LogP) is 8.93. The van der Waals surface area contributed by atoms with Gasteiger partial charge in [0.15, 0.2) is 0 Å². The van der Waals surface area contributed by atoms with E-state index in [2.05, 4.69) is 33.4 Å². The van der Waals surface area contributed by atoms with Gasteiger partial charge in [-0.3, -0.25) is 9.98 Å². The molecule has 1 aliphatic carbocycles. The lowest BCUT2D eigenvalue weighted by Gasteiger charge is -2.26. The summed E-state index contributed by atoms with van der Waals surface area (Å²) in [6.45, 7) is 12.5. The number of anilines is 2. The minimum Gasteiger partial charge on any atom is -0.507 e. The number of carbonyl (C=O) groups excluding carboxylic acids is 2. The standard InChI is InChI=1S/C46H52N8O4/c1-45(2,3)37-21-31(25-51-43(57)53-35-15-11-29(23-47)12-16-35)19-33(41(37)55)27-49-39-9-7-8-10-40(39)50-28-34-20-32(22-38(42(34)56)46(4,5)6)26-52-44(58)54-36-17-13-30(24-48)14-18-36/h11-22,27-28,39-40,55-56H,7-10,25-26H2,1-6H3,(H2,51,53,57)(H2,52,54,58)/t39-,40-/m1/s1. The van der Waals surface area contributed by atoms with E-state index < -0.39 is 22.9 Å². The smallest absolute Gasteiger partial charge is 0.319 e. The van der Waals surface area contributed by atoms with Crippen LogP contribution in [-0.2, 0) is 23.9 Å². The minimum absolute atomic E-state index is 0.133. The molecule has 6 N–H and O–H groups in total. The van der Waals surface area contributed by atoms with Gasteiger partial charge < -0.3 is 31.5 Å². The summed E-state index contributed by atoms with van der Waals surface area (Å²) in [5.74, 6) is 0.266. The zero-order valence-electron chi connectivity index (χ0n) is 34.0. The van der Waals surface area contributed by atoms with Gasteiger partial charge in [0.2, 0.25) is 0 Å². The highest BCUT2D eigenvalue weighted by atomic mass is 16.3. The van der Waals surface area contributed by atoms with E-state index in [1.807, 2.05) is 65.8 Å². The first-order chi connectivity index (χ1) is 27.5. The monoisotopic (exact) mass is 780 g/mol. The number of urea groups is 2. The third kappa shape index (κ3) is 11.5. The Kier molecular flexibility index (Phi) is 13.6. The fourth-order valence-corrected chi connectivity index (χ4v) is 6.75. The van der Waals surface area contributed by atoms with Crippen LogP contribution in [0.4, 0.5) is 21.0 Å². The molecule has 12 heteroatoms. The molecule has 12 nitrogen and oxygen atoms in total. The van der Waals surface area contributed by atoms with Crippen molar-refractivity contribution in [2.45, 2.75) is 103 Å². The number of amides is 4. The summed E-state index contributed by atoms with van der Waals surface area (Å²) < 4.78 is 0. The molecule has 0 unspecified atom stereocenters. The molecule has 58 heavy (non-hydrogen) atoms. The molecular formula is C46H52N8O4. The van der Waals surface area contributed by atoms with Crippen molar-refractivity contribution in [3.8, 4) is 23.6 Å². The fourth-order valence-electron chi connectivity index (χ4n) is 6.75. The quantitative estimate of drug-likeness (QED) is 0.0869. The van der Waals surface area contributed by atoms with Crippen molar-refractivity contribution in [1.82, 2.24) is 10.6 Å². The van der Waals surface area contributed by atoms with Gasteiger partial charge in [-0.15, -0.1) is 0 Å². The molecule has 300 valence electrons. The molecule has 0 spiro atoms. The molecule has 5 rings (SSSR count). The lowest BCUT2D eigenvalue weighted by atomic mass is 9.84. The van der Waals surface area contributed by atoms with E-state index in [1.165, 1.54) is 0 Å². The van der Waals surface area contributed by atoms with E-state index in [0.29, 0.717) is 33.6 Å². The van der Waals surface area contributed by atoms with E-state index in [-0.39, 0.29) is 36.7 Å². The van der Waals surface area contributed by atoms with Crippen molar-refractivity contribution in [3.05, 3.63) is 117 Å². The van der Waals surface area contributed by atoms with Gasteiger partial charge in [0.05, 0.1) is 35.3 Å². The molecule has 2 atom stereocenters. The summed E-state index contributed by atoms with van der Waals surface area (Å²) in [4.78, 5) is 35.4. The minimum atomic E-state index is -0.402. The SMILES string of the molecule is CC(C)(C)c1cc(CNC(=O)Nc2ccc(C#N)cc2)cc(C=N[C@@H]2CCCC[C@H]2N=Cc2cc(CNC(=O)Nc3ccc(C#N)cc3)cc(C(C)(C)C)c2O)c1O. The average Bonchev–Trinajstić information content (AvgIpc) is 3.19. The Morgan fingerprint density at radius 1 is 0.655 bits per heavy atom. The van der Waals surface area contributed by atoms with Gasteiger partial charge in [-0.1, -0.05) is 54.4 Å². The molecule has 0 aliphatic heterocycles. The van der Waals surface area contributed by atoms with Crippen LogP contribution in [0.15, 0.2) is 82.8 Å². The molecule has 0 bridgehead atoms. The van der Waals surface area contributed by atoms with Crippen molar-refractivity contribution in [2.24, 2.45) is 9.98 Å². The van der Waals surface area contributed by atoms with Gasteiger partial charge in [0.25, 0.3) is 0 Å². The van der Waals surface area contributed by atoms with Gasteiger partial charge in [-0.2, -0.15) is 10.5 Å². The Morgan fingerprint density at radius 2 is 1.02 bits per heavy atom. The number of aliphatic imine (C=N–C) groups is 2. The number of nitriles is 2. The summed E-state index contributed by atoms with van der Waals surface area (Å²) >= 11 is 0. The number of rotatable bonds is 10. The Morgan fingerprint density at radius 3 is 1.34 bits per heavy atom. The van der Waals surface area contributed by atoms with Gasteiger partial charge >= 0.3 is 12.1 Å². The summed E-state index contributed by atoms with van der Waals surface area (Å²) in [5, 5.41) is 52.2. The van der Waals surface area contributed by atoms with Crippen LogP contribution in [0.5, 0.6) is 11.5 Å². The van der Waals surface area contributed by atoms with Crippen LogP contribution in [0.3, 0.4) is 0 Å². The molecule has 4 amide bonds. The van der Waals surface area contributed by atoms with Crippen molar-refractivity contribution >= 4 is 35.9 Å². The highest BCUT2D eigenvalue weighted by molar-refractivity contribution is 5.90. The molecule has 1 saturated carbocycles. The molecule has 0 heterocycles. The fraction of sp³-hybridized carbons (Fsp3) is 0.348. The average molecular weight is 781 g/mol. The second kappa shape index (κ2) is 18.5. The maximum atomic E-state index is 12.7. The maximum absolute atomic E-state index is 12.7. The van der Waals surface area contributed by atoms with E-state index in [4.69, 9.17) is 20.5 Å². The van der Waals surface area contributed by atoms with E-state index in [1.54, 1.807) is 61.0 Å². The number of phenols is 2. The van der Waals surface area contributed by atoms with Crippen LogP contribution in [0.1, 0.15) is 112 Å². The molecule has 0 saturated heterocycles. The van der Waals surface area contributed by atoms with Crippen molar-refractivity contribution in [1.29, 1.82) is 10.5 Å². The zero-order chi connectivity index (χ0) is 42.0. The predicted molar refractivity (Wildman–Crippen MR) is 229 cm³/mol. The number of nitrogens with one attached hydrogen (secondary N) is 4. The first-order valence-electron chi connectivity index (χ1n) is 19.4. The van der Waals surface area contributed by atoms with Crippen LogP contribution >= 0.6 is 0 Å².